The van der Waals surface area contributed by atoms with E-state index in [1.807, 2.05) is 0 Å². The number of aliphatic hydroxyl groups excluding tert-OH is 1. The first kappa shape index (κ1) is 9.12. The first-order valence-corrected chi connectivity index (χ1v) is 4.80. The number of thiazole rings is 1. The molecule has 0 aromatic carbocycles. The molecule has 0 saturated carbocycles. The van der Waals surface area contributed by atoms with Gasteiger partial charge in [-0.1, -0.05) is 0 Å². The summed E-state index contributed by atoms with van der Waals surface area (Å²) < 4.78 is 0.859. The van der Waals surface area contributed by atoms with E-state index in [9.17, 15) is 0 Å². The van der Waals surface area contributed by atoms with Crippen molar-refractivity contribution in [3.63, 3.8) is 0 Å². The third-order valence-corrected chi connectivity index (χ3v) is 2.72. The Bertz CT molecular complexity index is 228. The average molecular weight is 237 g/mol. The lowest BCUT2D eigenvalue weighted by Gasteiger charge is -2.03. The van der Waals surface area contributed by atoms with Gasteiger partial charge in [0.05, 0.1) is 6.61 Å². The average Bonchev–Trinajstić information content (AvgIpc) is 2.35. The molecule has 3 N–H and O–H groups in total. The van der Waals surface area contributed by atoms with Crippen LogP contribution in [0.4, 0.5) is 0 Å². The van der Waals surface area contributed by atoms with Crippen molar-refractivity contribution in [2.75, 3.05) is 6.61 Å². The Labute approximate surface area is 77.4 Å². The first-order chi connectivity index (χ1) is 5.22. The van der Waals surface area contributed by atoms with Crippen LogP contribution in [0.25, 0.3) is 0 Å². The minimum atomic E-state index is -0.164. The molecule has 11 heavy (non-hydrogen) atoms. The fourth-order valence-electron chi connectivity index (χ4n) is 0.701. The van der Waals surface area contributed by atoms with Crippen LogP contribution < -0.4 is 5.73 Å². The van der Waals surface area contributed by atoms with Gasteiger partial charge in [-0.2, -0.15) is 0 Å². The summed E-state index contributed by atoms with van der Waals surface area (Å²) in [5.41, 5.74) is 5.53. The van der Waals surface area contributed by atoms with Gasteiger partial charge in [0.2, 0.25) is 0 Å². The van der Waals surface area contributed by atoms with Gasteiger partial charge in [-0.3, -0.25) is 0 Å². The SMILES string of the molecule is NC(CO)Cc1cnc(Br)s1. The van der Waals surface area contributed by atoms with Crippen molar-refractivity contribution in [2.24, 2.45) is 5.73 Å². The molecule has 0 aliphatic rings. The maximum absolute atomic E-state index is 8.65. The van der Waals surface area contributed by atoms with Gasteiger partial charge in [0.25, 0.3) is 0 Å². The van der Waals surface area contributed by atoms with Crippen LogP contribution in [-0.2, 0) is 6.42 Å². The summed E-state index contributed by atoms with van der Waals surface area (Å²) in [5, 5.41) is 8.65. The second-order valence-corrected chi connectivity index (χ2v) is 4.62. The molecule has 1 aromatic rings. The van der Waals surface area contributed by atoms with E-state index in [1.165, 1.54) is 0 Å². The quantitative estimate of drug-likeness (QED) is 0.816. The maximum atomic E-state index is 8.65. The van der Waals surface area contributed by atoms with Crippen molar-refractivity contribution >= 4 is 27.3 Å². The molecule has 3 nitrogen and oxygen atoms in total. The Balaban J connectivity index is 2.50. The largest absolute Gasteiger partial charge is 0.395 e. The van der Waals surface area contributed by atoms with Crippen molar-refractivity contribution < 1.29 is 5.11 Å². The Morgan fingerprint density at radius 1 is 1.82 bits per heavy atom. The lowest BCUT2D eigenvalue weighted by Crippen LogP contribution is -2.26. The van der Waals surface area contributed by atoms with E-state index < -0.39 is 0 Å². The highest BCUT2D eigenvalue weighted by Crippen LogP contribution is 2.19. The highest BCUT2D eigenvalue weighted by Gasteiger charge is 2.04. The first-order valence-electron chi connectivity index (χ1n) is 3.19. The number of nitrogens with two attached hydrogens (primary N) is 1. The molecule has 1 aromatic heterocycles. The zero-order valence-corrected chi connectivity index (χ0v) is 8.23. The topological polar surface area (TPSA) is 59.1 Å². The van der Waals surface area contributed by atoms with Gasteiger partial charge in [0, 0.05) is 23.5 Å². The molecule has 0 radical (unpaired) electrons. The predicted octanol–water partition coefficient (Wildman–Crippen LogP) is 0.768. The Hall–Kier alpha value is 0.0300. The molecule has 1 rings (SSSR count). The number of halogens is 1. The zero-order chi connectivity index (χ0) is 8.27. The molecule has 0 aliphatic heterocycles. The summed E-state index contributed by atoms with van der Waals surface area (Å²) in [4.78, 5) is 5.10. The van der Waals surface area contributed by atoms with Gasteiger partial charge in [-0.05, 0) is 15.9 Å². The van der Waals surface area contributed by atoms with Gasteiger partial charge in [-0.25, -0.2) is 4.98 Å². The van der Waals surface area contributed by atoms with E-state index >= 15 is 0 Å². The number of rotatable bonds is 3. The van der Waals surface area contributed by atoms with E-state index in [1.54, 1.807) is 17.5 Å². The molecule has 1 atom stereocenters. The summed E-state index contributed by atoms with van der Waals surface area (Å²) >= 11 is 4.79. The zero-order valence-electron chi connectivity index (χ0n) is 5.83. The van der Waals surface area contributed by atoms with Crippen LogP contribution in [0.2, 0.25) is 0 Å². The number of aromatic nitrogens is 1. The molecule has 5 heteroatoms. The summed E-state index contributed by atoms with van der Waals surface area (Å²) in [6.45, 7) is 0.0233. The van der Waals surface area contributed by atoms with Crippen molar-refractivity contribution in [1.82, 2.24) is 4.98 Å². The molecule has 0 amide bonds. The molecule has 1 unspecified atom stereocenters. The number of hydrogen-bond donors (Lipinski definition) is 2. The fraction of sp³-hybridized carbons (Fsp3) is 0.500. The van der Waals surface area contributed by atoms with Crippen LogP contribution in [-0.4, -0.2) is 22.7 Å². The summed E-state index contributed by atoms with van der Waals surface area (Å²) in [7, 11) is 0. The molecule has 0 spiro atoms. The van der Waals surface area contributed by atoms with Gasteiger partial charge in [0.1, 0.15) is 0 Å². The third-order valence-electron chi connectivity index (χ3n) is 1.22. The lowest BCUT2D eigenvalue weighted by atomic mass is 10.2. The van der Waals surface area contributed by atoms with E-state index in [2.05, 4.69) is 20.9 Å². The Kier molecular flexibility index (Phi) is 3.45. The van der Waals surface area contributed by atoms with Crippen molar-refractivity contribution in [3.05, 3.63) is 15.0 Å². The summed E-state index contributed by atoms with van der Waals surface area (Å²) in [5.74, 6) is 0. The summed E-state index contributed by atoms with van der Waals surface area (Å²) in [6, 6.07) is -0.164. The van der Waals surface area contributed by atoms with Crippen molar-refractivity contribution in [2.45, 2.75) is 12.5 Å². The maximum Gasteiger partial charge on any atom is 0.159 e. The second-order valence-electron chi connectivity index (χ2n) is 2.23. The number of hydrogen-bond acceptors (Lipinski definition) is 4. The highest BCUT2D eigenvalue weighted by molar-refractivity contribution is 9.11. The van der Waals surface area contributed by atoms with Gasteiger partial charge < -0.3 is 10.8 Å². The van der Waals surface area contributed by atoms with Crippen LogP contribution in [0.15, 0.2) is 10.1 Å². The van der Waals surface area contributed by atoms with Crippen molar-refractivity contribution in [1.29, 1.82) is 0 Å². The van der Waals surface area contributed by atoms with E-state index in [-0.39, 0.29) is 12.6 Å². The fourth-order valence-corrected chi connectivity index (χ4v) is 2.15. The molecule has 0 fully saturated rings. The van der Waals surface area contributed by atoms with Crippen LogP contribution in [0.3, 0.4) is 0 Å². The van der Waals surface area contributed by atoms with Crippen molar-refractivity contribution in [3.8, 4) is 0 Å². The summed E-state index contributed by atoms with van der Waals surface area (Å²) in [6.07, 6.45) is 2.46. The predicted molar refractivity (Wildman–Crippen MR) is 48.6 cm³/mol. The molecule has 62 valence electrons. The van der Waals surface area contributed by atoms with Gasteiger partial charge in [0.15, 0.2) is 3.92 Å². The normalized spacial score (nSPS) is 13.4. The standard InChI is InChI=1S/C6H9BrN2OS/c7-6-9-2-5(11-6)1-4(8)3-10/h2,4,10H,1,3,8H2. The van der Waals surface area contributed by atoms with Gasteiger partial charge >= 0.3 is 0 Å². The molecule has 0 bridgehead atoms. The van der Waals surface area contributed by atoms with Crippen LogP contribution in [0.1, 0.15) is 4.88 Å². The Morgan fingerprint density at radius 3 is 3.00 bits per heavy atom. The molecule has 0 aliphatic carbocycles. The van der Waals surface area contributed by atoms with Crippen LogP contribution in [0, 0.1) is 0 Å². The van der Waals surface area contributed by atoms with Gasteiger partial charge in [-0.15, -0.1) is 11.3 Å². The minimum Gasteiger partial charge on any atom is -0.395 e. The van der Waals surface area contributed by atoms with E-state index in [0.29, 0.717) is 6.42 Å². The molecular formula is C6H9BrN2OS. The van der Waals surface area contributed by atoms with Crippen LogP contribution in [0.5, 0.6) is 0 Å². The minimum absolute atomic E-state index is 0.0233. The molecule has 0 saturated heterocycles. The number of nitrogens with zero attached hydrogens (tertiary/aromatic N) is 1. The monoisotopic (exact) mass is 236 g/mol. The van der Waals surface area contributed by atoms with E-state index in [0.717, 1.165) is 8.79 Å². The highest BCUT2D eigenvalue weighted by atomic mass is 79.9. The second kappa shape index (κ2) is 4.15. The Morgan fingerprint density at radius 2 is 2.55 bits per heavy atom. The number of aliphatic hydroxyl groups is 1. The van der Waals surface area contributed by atoms with Crippen LogP contribution >= 0.6 is 27.3 Å². The van der Waals surface area contributed by atoms with E-state index in [4.69, 9.17) is 10.8 Å². The smallest absolute Gasteiger partial charge is 0.159 e. The molecular weight excluding hydrogens is 228 g/mol. The third kappa shape index (κ3) is 2.86. The molecule has 1 heterocycles. The lowest BCUT2D eigenvalue weighted by molar-refractivity contribution is 0.265.